The van der Waals surface area contributed by atoms with Crippen molar-refractivity contribution in [2.24, 2.45) is 11.7 Å². The highest BCUT2D eigenvalue weighted by molar-refractivity contribution is 9.09. The normalized spacial score (nSPS) is 35.9. The summed E-state index contributed by atoms with van der Waals surface area (Å²) >= 11 is 3.25. The van der Waals surface area contributed by atoms with Gasteiger partial charge in [0.15, 0.2) is 0 Å². The van der Waals surface area contributed by atoms with Crippen LogP contribution in [0.4, 0.5) is 0 Å². The first-order valence-electron chi connectivity index (χ1n) is 5.98. The number of rotatable bonds is 4. The number of hydrogen-bond donors (Lipinski definition) is 3. The third kappa shape index (κ3) is 2.92. The Morgan fingerprint density at radius 1 is 1.17 bits per heavy atom. The van der Waals surface area contributed by atoms with Gasteiger partial charge in [0.25, 0.3) is 0 Å². The molecule has 18 heavy (non-hydrogen) atoms. The molecular formula is C13H18BrNO3. The topological polar surface area (TPSA) is 75.7 Å². The quantitative estimate of drug-likeness (QED) is 0.713. The number of hydrogen-bond acceptors (Lipinski definition) is 4. The monoisotopic (exact) mass is 315 g/mol. The molecule has 0 aromatic heterocycles. The highest BCUT2D eigenvalue weighted by atomic mass is 79.9. The number of benzene rings is 1. The Morgan fingerprint density at radius 3 is 2.39 bits per heavy atom. The minimum atomic E-state index is -0.731. The van der Waals surface area contributed by atoms with Gasteiger partial charge >= 0.3 is 0 Å². The first-order valence-corrected chi connectivity index (χ1v) is 6.90. The van der Waals surface area contributed by atoms with Crippen molar-refractivity contribution in [2.45, 2.75) is 29.7 Å². The third-order valence-corrected chi connectivity index (χ3v) is 4.49. The molecule has 0 amide bonds. The van der Waals surface area contributed by atoms with Gasteiger partial charge in [0.2, 0.25) is 0 Å². The van der Waals surface area contributed by atoms with Gasteiger partial charge in [-0.3, -0.25) is 0 Å². The minimum absolute atomic E-state index is 0.243. The predicted octanol–water partition coefficient (Wildman–Crippen LogP) is 0.646. The number of aliphatic hydroxyl groups is 2. The van der Waals surface area contributed by atoms with Crippen LogP contribution in [0.2, 0.25) is 0 Å². The zero-order valence-electron chi connectivity index (χ0n) is 9.95. The minimum Gasteiger partial charge on any atom is -0.391 e. The first kappa shape index (κ1) is 14.0. The molecule has 4 nitrogen and oxygen atoms in total. The van der Waals surface area contributed by atoms with Crippen LogP contribution >= 0.6 is 15.9 Å². The molecule has 0 aliphatic heterocycles. The molecule has 100 valence electrons. The molecule has 1 aliphatic rings. The second kappa shape index (κ2) is 6.12. The zero-order valence-corrected chi connectivity index (χ0v) is 11.5. The molecule has 5 heteroatoms. The zero-order chi connectivity index (χ0) is 13.1. The Balaban J connectivity index is 1.84. The number of nitrogens with two attached hydrogens (primary N) is 1. The Labute approximate surface area is 115 Å². The SMILES string of the molecule is N[C@@H]1[C@H](O)[C@@H](Br)[C@H](O)[C@H]1COCc1ccccc1. The Hall–Kier alpha value is -0.460. The van der Waals surface area contributed by atoms with Gasteiger partial charge < -0.3 is 20.7 Å². The predicted molar refractivity (Wildman–Crippen MR) is 72.3 cm³/mol. The van der Waals surface area contributed by atoms with Crippen LogP contribution in [0.1, 0.15) is 5.56 Å². The molecule has 0 unspecified atom stereocenters. The van der Waals surface area contributed by atoms with Crippen molar-refractivity contribution in [3.05, 3.63) is 35.9 Å². The molecule has 1 fully saturated rings. The van der Waals surface area contributed by atoms with E-state index in [1.54, 1.807) is 0 Å². The fraction of sp³-hybridized carbons (Fsp3) is 0.538. The van der Waals surface area contributed by atoms with Gasteiger partial charge in [0, 0.05) is 12.0 Å². The molecule has 1 aromatic rings. The Morgan fingerprint density at radius 2 is 1.83 bits per heavy atom. The van der Waals surface area contributed by atoms with Crippen LogP contribution in [-0.4, -0.2) is 39.9 Å². The summed E-state index contributed by atoms with van der Waals surface area (Å²) < 4.78 is 5.57. The van der Waals surface area contributed by atoms with Crippen molar-refractivity contribution in [1.82, 2.24) is 0 Å². The molecule has 0 saturated heterocycles. The number of aliphatic hydroxyl groups excluding tert-OH is 2. The number of halogens is 1. The molecule has 2 rings (SSSR count). The van der Waals surface area contributed by atoms with Gasteiger partial charge in [-0.1, -0.05) is 46.3 Å². The van der Waals surface area contributed by atoms with Crippen LogP contribution in [-0.2, 0) is 11.3 Å². The fourth-order valence-corrected chi connectivity index (χ4v) is 2.97. The second-order valence-corrected chi connectivity index (χ2v) is 5.72. The van der Waals surface area contributed by atoms with Crippen LogP contribution < -0.4 is 5.73 Å². The van der Waals surface area contributed by atoms with E-state index in [-0.39, 0.29) is 10.7 Å². The van der Waals surface area contributed by atoms with E-state index in [1.807, 2.05) is 30.3 Å². The van der Waals surface area contributed by atoms with Crippen LogP contribution in [0, 0.1) is 5.92 Å². The summed E-state index contributed by atoms with van der Waals surface area (Å²) in [4.78, 5) is -0.377. The van der Waals surface area contributed by atoms with Crippen LogP contribution in [0.5, 0.6) is 0 Å². The van der Waals surface area contributed by atoms with E-state index in [1.165, 1.54) is 0 Å². The third-order valence-electron chi connectivity index (χ3n) is 3.40. The molecule has 0 spiro atoms. The van der Waals surface area contributed by atoms with Crippen molar-refractivity contribution in [2.75, 3.05) is 6.61 Å². The highest BCUT2D eigenvalue weighted by Gasteiger charge is 2.46. The number of ether oxygens (including phenoxy) is 1. The fourth-order valence-electron chi connectivity index (χ4n) is 2.23. The van der Waals surface area contributed by atoms with Crippen molar-refractivity contribution in [1.29, 1.82) is 0 Å². The summed E-state index contributed by atoms with van der Waals surface area (Å²) in [7, 11) is 0. The van der Waals surface area contributed by atoms with Gasteiger partial charge in [-0.15, -0.1) is 0 Å². The standard InChI is InChI=1S/C13H18BrNO3/c14-10-12(16)9(11(15)13(10)17)7-18-6-8-4-2-1-3-5-8/h1-5,9-13,16-17H,6-7,15H2/t9-,10-,11-,12+,13+/m0/s1. The lowest BCUT2D eigenvalue weighted by molar-refractivity contribution is 0.0326. The van der Waals surface area contributed by atoms with E-state index in [0.29, 0.717) is 13.2 Å². The average molecular weight is 316 g/mol. The molecule has 0 heterocycles. The molecule has 0 radical (unpaired) electrons. The lowest BCUT2D eigenvalue weighted by Crippen LogP contribution is -2.39. The molecular weight excluding hydrogens is 298 g/mol. The summed E-state index contributed by atoms with van der Waals surface area (Å²) in [6.45, 7) is 0.830. The van der Waals surface area contributed by atoms with Gasteiger partial charge in [-0.05, 0) is 5.56 Å². The van der Waals surface area contributed by atoms with Crippen LogP contribution in [0.25, 0.3) is 0 Å². The molecule has 1 aromatic carbocycles. The maximum Gasteiger partial charge on any atom is 0.0845 e. The van der Waals surface area contributed by atoms with E-state index < -0.39 is 18.2 Å². The molecule has 0 bridgehead atoms. The van der Waals surface area contributed by atoms with Crippen molar-refractivity contribution in [3.63, 3.8) is 0 Å². The molecule has 1 aliphatic carbocycles. The highest BCUT2D eigenvalue weighted by Crippen LogP contribution is 2.31. The van der Waals surface area contributed by atoms with Gasteiger partial charge in [-0.2, -0.15) is 0 Å². The lowest BCUT2D eigenvalue weighted by atomic mass is 10.0. The van der Waals surface area contributed by atoms with E-state index in [9.17, 15) is 10.2 Å². The van der Waals surface area contributed by atoms with Gasteiger partial charge in [-0.25, -0.2) is 0 Å². The summed E-state index contributed by atoms with van der Waals surface area (Å²) in [5, 5.41) is 19.7. The Bertz CT molecular complexity index is 362. The smallest absolute Gasteiger partial charge is 0.0845 e. The van der Waals surface area contributed by atoms with E-state index in [0.717, 1.165) is 5.56 Å². The largest absolute Gasteiger partial charge is 0.391 e. The molecule has 1 saturated carbocycles. The van der Waals surface area contributed by atoms with Crippen LogP contribution in [0.15, 0.2) is 30.3 Å². The second-order valence-electron chi connectivity index (χ2n) is 4.67. The summed E-state index contributed by atoms with van der Waals surface area (Å²) in [5.74, 6) is -0.243. The number of alkyl halides is 1. The van der Waals surface area contributed by atoms with Gasteiger partial charge in [0.05, 0.1) is 30.2 Å². The maximum atomic E-state index is 9.93. The summed E-state index contributed by atoms with van der Waals surface area (Å²) in [6, 6.07) is 9.35. The van der Waals surface area contributed by atoms with E-state index in [2.05, 4.69) is 15.9 Å². The Kier molecular flexibility index (Phi) is 4.75. The molecule has 5 atom stereocenters. The lowest BCUT2D eigenvalue weighted by Gasteiger charge is -2.19. The summed E-state index contributed by atoms with van der Waals surface area (Å²) in [5.41, 5.74) is 6.94. The van der Waals surface area contributed by atoms with Gasteiger partial charge in [0.1, 0.15) is 0 Å². The first-order chi connectivity index (χ1) is 8.61. The van der Waals surface area contributed by atoms with Crippen molar-refractivity contribution in [3.8, 4) is 0 Å². The van der Waals surface area contributed by atoms with Crippen molar-refractivity contribution >= 4 is 15.9 Å². The molecule has 4 N–H and O–H groups in total. The maximum absolute atomic E-state index is 9.93. The van der Waals surface area contributed by atoms with Crippen LogP contribution in [0.3, 0.4) is 0 Å². The average Bonchev–Trinajstić information content (AvgIpc) is 2.57. The van der Waals surface area contributed by atoms with Crippen molar-refractivity contribution < 1.29 is 14.9 Å². The summed E-state index contributed by atoms with van der Waals surface area (Å²) in [6.07, 6.45) is -1.41. The van der Waals surface area contributed by atoms with E-state index >= 15 is 0 Å². The van der Waals surface area contributed by atoms with E-state index in [4.69, 9.17) is 10.5 Å².